The van der Waals surface area contributed by atoms with Crippen LogP contribution in [0.1, 0.15) is 11.1 Å². The van der Waals surface area contributed by atoms with Crippen LogP contribution in [0, 0.1) is 13.8 Å². The summed E-state index contributed by atoms with van der Waals surface area (Å²) in [5.74, 6) is 0. The Morgan fingerprint density at radius 3 is 2.60 bits per heavy atom. The van der Waals surface area contributed by atoms with Crippen LogP contribution in [0.15, 0.2) is 18.2 Å². The second-order valence-corrected chi connectivity index (χ2v) is 7.42. The Morgan fingerprint density at radius 1 is 1.16 bits per heavy atom. The molecule has 3 rings (SSSR count). The molecule has 0 amide bonds. The fraction of sp³-hybridized carbons (Fsp3) is 0.632. The van der Waals surface area contributed by atoms with Crippen LogP contribution in [-0.2, 0) is 4.74 Å². The molecule has 0 atom stereocenters. The summed E-state index contributed by atoms with van der Waals surface area (Å²) in [6, 6.07) is 6.58. The lowest BCUT2D eigenvalue weighted by Crippen LogP contribution is -3.14. The van der Waals surface area contributed by atoms with E-state index in [2.05, 4.69) is 47.2 Å². The lowest BCUT2D eigenvalue weighted by molar-refractivity contribution is -0.906. The minimum atomic E-state index is 0.889. The SMILES string of the molecule is Cc1cccc(N2CCN(C(=S)NCC[NH+]3CCOCC3)CC2)c1C. The molecule has 1 aromatic carbocycles. The predicted octanol–water partition coefficient (Wildman–Crippen LogP) is 0.215. The number of morpholine rings is 1. The van der Waals surface area contributed by atoms with Gasteiger partial charge < -0.3 is 24.8 Å². The molecule has 1 aromatic rings. The number of aryl methyl sites for hydroxylation is 1. The molecule has 0 unspecified atom stereocenters. The van der Waals surface area contributed by atoms with Crippen LogP contribution >= 0.6 is 12.2 Å². The quantitative estimate of drug-likeness (QED) is 0.748. The molecule has 138 valence electrons. The van der Waals surface area contributed by atoms with E-state index in [0.29, 0.717) is 0 Å². The van der Waals surface area contributed by atoms with Gasteiger partial charge in [-0.25, -0.2) is 0 Å². The molecule has 25 heavy (non-hydrogen) atoms. The van der Waals surface area contributed by atoms with Crippen molar-refractivity contribution in [3.05, 3.63) is 29.3 Å². The zero-order valence-electron chi connectivity index (χ0n) is 15.5. The van der Waals surface area contributed by atoms with Gasteiger partial charge in [0.1, 0.15) is 13.1 Å². The first-order valence-corrected chi connectivity index (χ1v) is 9.81. The number of hydrogen-bond acceptors (Lipinski definition) is 3. The summed E-state index contributed by atoms with van der Waals surface area (Å²) < 4.78 is 5.40. The summed E-state index contributed by atoms with van der Waals surface area (Å²) in [6.45, 7) is 14.5. The lowest BCUT2D eigenvalue weighted by atomic mass is 10.1. The van der Waals surface area contributed by atoms with Gasteiger partial charge in [0.15, 0.2) is 5.11 Å². The number of anilines is 1. The molecule has 6 heteroatoms. The summed E-state index contributed by atoms with van der Waals surface area (Å²) in [5.41, 5.74) is 4.13. The first-order valence-electron chi connectivity index (χ1n) is 9.40. The molecule has 2 heterocycles. The van der Waals surface area contributed by atoms with Gasteiger partial charge in [0.05, 0.1) is 26.3 Å². The first-order chi connectivity index (χ1) is 12.1. The molecule has 2 saturated heterocycles. The van der Waals surface area contributed by atoms with Crippen molar-refractivity contribution in [1.82, 2.24) is 10.2 Å². The maximum atomic E-state index is 5.61. The van der Waals surface area contributed by atoms with E-state index in [1.165, 1.54) is 16.8 Å². The van der Waals surface area contributed by atoms with E-state index < -0.39 is 0 Å². The third kappa shape index (κ3) is 4.84. The number of nitrogens with zero attached hydrogens (tertiary/aromatic N) is 2. The van der Waals surface area contributed by atoms with Crippen LogP contribution in [0.4, 0.5) is 5.69 Å². The molecular weight excluding hydrogens is 332 g/mol. The van der Waals surface area contributed by atoms with E-state index in [4.69, 9.17) is 17.0 Å². The number of ether oxygens (including phenoxy) is 1. The van der Waals surface area contributed by atoms with Crippen LogP contribution in [0.25, 0.3) is 0 Å². The van der Waals surface area contributed by atoms with Crippen molar-refractivity contribution in [2.24, 2.45) is 0 Å². The number of piperazine rings is 1. The molecule has 0 aliphatic carbocycles. The van der Waals surface area contributed by atoms with Gasteiger partial charge in [0.25, 0.3) is 0 Å². The van der Waals surface area contributed by atoms with Gasteiger partial charge in [-0.3, -0.25) is 0 Å². The second kappa shape index (κ2) is 8.83. The second-order valence-electron chi connectivity index (χ2n) is 7.04. The van der Waals surface area contributed by atoms with Crippen LogP contribution in [0.3, 0.4) is 0 Å². The summed E-state index contributed by atoms with van der Waals surface area (Å²) in [7, 11) is 0. The monoisotopic (exact) mass is 363 g/mol. The van der Waals surface area contributed by atoms with Crippen molar-refractivity contribution in [2.45, 2.75) is 13.8 Å². The van der Waals surface area contributed by atoms with Crippen LogP contribution in [0.5, 0.6) is 0 Å². The van der Waals surface area contributed by atoms with Gasteiger partial charge in [-0.2, -0.15) is 0 Å². The molecule has 2 fully saturated rings. The standard InChI is InChI=1S/C19H30N4OS/c1-16-4-3-5-18(17(16)2)22-8-10-23(11-9-22)19(25)20-6-7-21-12-14-24-15-13-21/h3-5H,6-15H2,1-2H3,(H,20,25)/p+1. The smallest absolute Gasteiger partial charge is 0.169 e. The molecule has 0 spiro atoms. The fourth-order valence-corrected chi connectivity index (χ4v) is 3.88. The number of quaternary nitrogens is 1. The van der Waals surface area contributed by atoms with Gasteiger partial charge >= 0.3 is 0 Å². The van der Waals surface area contributed by atoms with Gasteiger partial charge in [-0.15, -0.1) is 0 Å². The Bertz CT molecular complexity index is 581. The van der Waals surface area contributed by atoms with E-state index in [-0.39, 0.29) is 0 Å². The highest BCUT2D eigenvalue weighted by molar-refractivity contribution is 7.80. The van der Waals surface area contributed by atoms with E-state index in [1.807, 2.05) is 0 Å². The van der Waals surface area contributed by atoms with E-state index >= 15 is 0 Å². The van der Waals surface area contributed by atoms with Crippen molar-refractivity contribution < 1.29 is 9.64 Å². The van der Waals surface area contributed by atoms with Crippen molar-refractivity contribution in [3.63, 3.8) is 0 Å². The average Bonchev–Trinajstić information content (AvgIpc) is 2.65. The van der Waals surface area contributed by atoms with E-state index in [9.17, 15) is 0 Å². The molecule has 0 aromatic heterocycles. The highest BCUT2D eigenvalue weighted by Gasteiger charge is 2.21. The first kappa shape index (κ1) is 18.4. The molecule has 0 radical (unpaired) electrons. The summed E-state index contributed by atoms with van der Waals surface area (Å²) >= 11 is 5.61. The molecule has 2 N–H and O–H groups in total. The molecule has 2 aliphatic heterocycles. The Hall–Kier alpha value is -1.37. The molecule has 5 nitrogen and oxygen atoms in total. The van der Waals surface area contributed by atoms with Crippen molar-refractivity contribution >= 4 is 23.0 Å². The Labute approximate surface area is 156 Å². The molecule has 2 aliphatic rings. The van der Waals surface area contributed by atoms with E-state index in [1.54, 1.807) is 4.90 Å². The maximum absolute atomic E-state index is 5.61. The Kier molecular flexibility index (Phi) is 6.51. The molecular formula is C19H31N4OS+. The molecule has 0 saturated carbocycles. The minimum Gasteiger partial charge on any atom is -0.370 e. The summed E-state index contributed by atoms with van der Waals surface area (Å²) in [6.07, 6.45) is 0. The Morgan fingerprint density at radius 2 is 1.88 bits per heavy atom. The topological polar surface area (TPSA) is 32.2 Å². The zero-order valence-corrected chi connectivity index (χ0v) is 16.3. The number of nitrogens with one attached hydrogen (secondary N) is 2. The largest absolute Gasteiger partial charge is 0.370 e. The van der Waals surface area contributed by atoms with Gasteiger partial charge in [0, 0.05) is 31.9 Å². The third-order valence-corrected chi connectivity index (χ3v) is 5.84. The van der Waals surface area contributed by atoms with Crippen LogP contribution in [-0.4, -0.2) is 75.6 Å². The van der Waals surface area contributed by atoms with E-state index in [0.717, 1.165) is 70.7 Å². The van der Waals surface area contributed by atoms with Crippen molar-refractivity contribution in [2.75, 3.05) is 70.5 Å². The highest BCUT2D eigenvalue weighted by atomic mass is 32.1. The van der Waals surface area contributed by atoms with Crippen molar-refractivity contribution in [3.8, 4) is 0 Å². The van der Waals surface area contributed by atoms with Gasteiger partial charge in [-0.05, 0) is 43.3 Å². The zero-order chi connectivity index (χ0) is 17.6. The predicted molar refractivity (Wildman–Crippen MR) is 107 cm³/mol. The number of thiocarbonyl (C=S) groups is 1. The highest BCUT2D eigenvalue weighted by Crippen LogP contribution is 2.23. The maximum Gasteiger partial charge on any atom is 0.169 e. The van der Waals surface area contributed by atoms with Crippen LogP contribution in [0.2, 0.25) is 0 Å². The number of hydrogen-bond donors (Lipinski definition) is 2. The normalized spacial score (nSPS) is 19.1. The Balaban J connectivity index is 1.42. The molecule has 0 bridgehead atoms. The fourth-order valence-electron chi connectivity index (χ4n) is 3.60. The average molecular weight is 364 g/mol. The summed E-state index contributed by atoms with van der Waals surface area (Å²) in [4.78, 5) is 6.41. The van der Waals surface area contributed by atoms with Gasteiger partial charge in [-0.1, -0.05) is 12.1 Å². The lowest BCUT2D eigenvalue weighted by Gasteiger charge is -2.38. The third-order valence-electron chi connectivity index (χ3n) is 5.44. The van der Waals surface area contributed by atoms with Crippen LogP contribution < -0.4 is 15.1 Å². The minimum absolute atomic E-state index is 0.889. The number of rotatable bonds is 4. The number of benzene rings is 1. The van der Waals surface area contributed by atoms with Crippen molar-refractivity contribution in [1.29, 1.82) is 0 Å². The summed E-state index contributed by atoms with van der Waals surface area (Å²) in [5, 5.41) is 4.36. The van der Waals surface area contributed by atoms with Gasteiger partial charge in [0.2, 0.25) is 0 Å².